The SMILES string of the molecule is CCCC[C@H](N)C(=O)N(C)C1CC1. The fourth-order valence-electron chi connectivity index (χ4n) is 1.45. The Hall–Kier alpha value is -0.570. The number of hydrogen-bond donors (Lipinski definition) is 1. The van der Waals surface area contributed by atoms with Crippen molar-refractivity contribution in [3.8, 4) is 0 Å². The van der Waals surface area contributed by atoms with E-state index in [0.717, 1.165) is 32.1 Å². The number of rotatable bonds is 5. The topological polar surface area (TPSA) is 46.3 Å². The van der Waals surface area contributed by atoms with Gasteiger partial charge < -0.3 is 10.6 Å². The molecule has 0 aromatic rings. The van der Waals surface area contributed by atoms with Gasteiger partial charge in [0.2, 0.25) is 5.91 Å². The first-order chi connectivity index (χ1) is 6.16. The van der Waals surface area contributed by atoms with E-state index in [2.05, 4.69) is 6.92 Å². The van der Waals surface area contributed by atoms with Crippen molar-refractivity contribution in [1.29, 1.82) is 0 Å². The van der Waals surface area contributed by atoms with E-state index < -0.39 is 0 Å². The Kier molecular flexibility index (Phi) is 3.72. The molecule has 76 valence electrons. The fourth-order valence-corrected chi connectivity index (χ4v) is 1.45. The molecule has 3 heteroatoms. The molecule has 0 unspecified atom stereocenters. The van der Waals surface area contributed by atoms with Crippen molar-refractivity contribution in [2.75, 3.05) is 7.05 Å². The lowest BCUT2D eigenvalue weighted by Gasteiger charge is -2.20. The maximum atomic E-state index is 11.6. The summed E-state index contributed by atoms with van der Waals surface area (Å²) in [4.78, 5) is 13.5. The minimum Gasteiger partial charge on any atom is -0.341 e. The Morgan fingerprint density at radius 2 is 2.23 bits per heavy atom. The summed E-state index contributed by atoms with van der Waals surface area (Å²) >= 11 is 0. The van der Waals surface area contributed by atoms with Crippen molar-refractivity contribution in [3.05, 3.63) is 0 Å². The minimum atomic E-state index is -0.273. The summed E-state index contributed by atoms with van der Waals surface area (Å²) in [5, 5.41) is 0. The van der Waals surface area contributed by atoms with Crippen LogP contribution in [-0.4, -0.2) is 29.9 Å². The predicted molar refractivity (Wildman–Crippen MR) is 53.3 cm³/mol. The lowest BCUT2D eigenvalue weighted by atomic mass is 10.1. The summed E-state index contributed by atoms with van der Waals surface area (Å²) < 4.78 is 0. The summed E-state index contributed by atoms with van der Waals surface area (Å²) in [5.41, 5.74) is 5.78. The third-order valence-corrected chi connectivity index (χ3v) is 2.63. The van der Waals surface area contributed by atoms with Crippen molar-refractivity contribution < 1.29 is 4.79 Å². The van der Waals surface area contributed by atoms with E-state index in [-0.39, 0.29) is 11.9 Å². The summed E-state index contributed by atoms with van der Waals surface area (Å²) in [6, 6.07) is 0.214. The number of nitrogens with zero attached hydrogens (tertiary/aromatic N) is 1. The van der Waals surface area contributed by atoms with Gasteiger partial charge in [-0.1, -0.05) is 19.8 Å². The summed E-state index contributed by atoms with van der Waals surface area (Å²) in [7, 11) is 1.87. The monoisotopic (exact) mass is 184 g/mol. The molecule has 3 nitrogen and oxygen atoms in total. The number of nitrogens with two attached hydrogens (primary N) is 1. The molecule has 0 aromatic heterocycles. The standard InChI is InChI=1S/C10H20N2O/c1-3-4-5-9(11)10(13)12(2)8-6-7-8/h8-9H,3-7,11H2,1-2H3/t9-/m0/s1. The van der Waals surface area contributed by atoms with Gasteiger partial charge >= 0.3 is 0 Å². The van der Waals surface area contributed by atoms with Crippen LogP contribution in [0, 0.1) is 0 Å². The first kappa shape index (κ1) is 10.5. The Morgan fingerprint density at radius 3 is 2.69 bits per heavy atom. The second kappa shape index (κ2) is 4.61. The van der Waals surface area contributed by atoms with E-state index in [1.807, 2.05) is 11.9 Å². The van der Waals surface area contributed by atoms with Crippen LogP contribution in [-0.2, 0) is 4.79 Å². The van der Waals surface area contributed by atoms with Gasteiger partial charge in [0.05, 0.1) is 6.04 Å². The van der Waals surface area contributed by atoms with Gasteiger partial charge in [0.1, 0.15) is 0 Å². The van der Waals surface area contributed by atoms with Gasteiger partial charge in [0.25, 0.3) is 0 Å². The molecule has 1 fully saturated rings. The third kappa shape index (κ3) is 2.99. The van der Waals surface area contributed by atoms with Crippen LogP contribution in [0.4, 0.5) is 0 Å². The zero-order valence-electron chi connectivity index (χ0n) is 8.62. The first-order valence-corrected chi connectivity index (χ1v) is 5.19. The molecule has 0 radical (unpaired) electrons. The molecule has 0 spiro atoms. The zero-order chi connectivity index (χ0) is 9.84. The third-order valence-electron chi connectivity index (χ3n) is 2.63. The molecule has 0 aliphatic heterocycles. The molecule has 13 heavy (non-hydrogen) atoms. The molecule has 1 aliphatic carbocycles. The zero-order valence-corrected chi connectivity index (χ0v) is 8.62. The summed E-state index contributed by atoms with van der Waals surface area (Å²) in [6.07, 6.45) is 5.29. The molecular formula is C10H20N2O. The van der Waals surface area contributed by atoms with Gasteiger partial charge in [-0.15, -0.1) is 0 Å². The number of hydrogen-bond acceptors (Lipinski definition) is 2. The van der Waals surface area contributed by atoms with Crippen molar-refractivity contribution in [2.45, 2.75) is 51.1 Å². The van der Waals surface area contributed by atoms with E-state index >= 15 is 0 Å². The minimum absolute atomic E-state index is 0.121. The molecule has 0 aromatic carbocycles. The molecule has 0 saturated heterocycles. The highest BCUT2D eigenvalue weighted by Crippen LogP contribution is 2.25. The van der Waals surface area contributed by atoms with E-state index in [1.54, 1.807) is 0 Å². The molecule has 1 aliphatic rings. The fraction of sp³-hybridized carbons (Fsp3) is 0.900. The molecule has 0 heterocycles. The van der Waals surface area contributed by atoms with E-state index in [0.29, 0.717) is 6.04 Å². The quantitative estimate of drug-likeness (QED) is 0.696. The van der Waals surface area contributed by atoms with Crippen molar-refractivity contribution in [2.24, 2.45) is 5.73 Å². The van der Waals surface area contributed by atoms with Gasteiger partial charge in [0.15, 0.2) is 0 Å². The molecule has 2 N–H and O–H groups in total. The number of unbranched alkanes of at least 4 members (excludes halogenated alkanes) is 1. The van der Waals surface area contributed by atoms with Crippen LogP contribution in [0.25, 0.3) is 0 Å². The van der Waals surface area contributed by atoms with Crippen molar-refractivity contribution in [1.82, 2.24) is 4.90 Å². The van der Waals surface area contributed by atoms with Gasteiger partial charge in [-0.05, 0) is 19.3 Å². The largest absolute Gasteiger partial charge is 0.341 e. The second-order valence-electron chi connectivity index (χ2n) is 3.93. The highest BCUT2D eigenvalue weighted by atomic mass is 16.2. The van der Waals surface area contributed by atoms with Crippen LogP contribution in [0.2, 0.25) is 0 Å². The maximum absolute atomic E-state index is 11.6. The molecule has 1 amide bonds. The molecule has 0 bridgehead atoms. The Balaban J connectivity index is 2.27. The smallest absolute Gasteiger partial charge is 0.239 e. The van der Waals surface area contributed by atoms with Gasteiger partial charge in [-0.25, -0.2) is 0 Å². The Labute approximate surface area is 80.3 Å². The number of carbonyl (C=O) groups is 1. The van der Waals surface area contributed by atoms with Gasteiger partial charge in [-0.2, -0.15) is 0 Å². The number of likely N-dealkylation sites (N-methyl/N-ethyl adjacent to an activating group) is 1. The van der Waals surface area contributed by atoms with E-state index in [1.165, 1.54) is 0 Å². The average molecular weight is 184 g/mol. The van der Waals surface area contributed by atoms with Crippen LogP contribution in [0.15, 0.2) is 0 Å². The molecule has 1 atom stereocenters. The summed E-state index contributed by atoms with van der Waals surface area (Å²) in [6.45, 7) is 2.11. The predicted octanol–water partition coefficient (Wildman–Crippen LogP) is 1.12. The first-order valence-electron chi connectivity index (χ1n) is 5.19. The lowest BCUT2D eigenvalue weighted by Crippen LogP contribution is -2.42. The summed E-state index contributed by atoms with van der Waals surface area (Å²) in [5.74, 6) is 0.121. The average Bonchev–Trinajstić information content (AvgIpc) is 2.94. The van der Waals surface area contributed by atoms with Crippen LogP contribution < -0.4 is 5.73 Å². The van der Waals surface area contributed by atoms with Crippen LogP contribution >= 0.6 is 0 Å². The molecule has 1 saturated carbocycles. The highest BCUT2D eigenvalue weighted by Gasteiger charge is 2.31. The highest BCUT2D eigenvalue weighted by molar-refractivity contribution is 5.81. The number of carbonyl (C=O) groups excluding carboxylic acids is 1. The van der Waals surface area contributed by atoms with Crippen LogP contribution in [0.5, 0.6) is 0 Å². The van der Waals surface area contributed by atoms with Crippen molar-refractivity contribution >= 4 is 5.91 Å². The van der Waals surface area contributed by atoms with Gasteiger partial charge in [0, 0.05) is 13.1 Å². The van der Waals surface area contributed by atoms with Crippen LogP contribution in [0.1, 0.15) is 39.0 Å². The Bertz CT molecular complexity index is 178. The van der Waals surface area contributed by atoms with Crippen molar-refractivity contribution in [3.63, 3.8) is 0 Å². The maximum Gasteiger partial charge on any atom is 0.239 e. The molecule has 1 rings (SSSR count). The number of amides is 1. The Morgan fingerprint density at radius 1 is 1.62 bits per heavy atom. The second-order valence-corrected chi connectivity index (χ2v) is 3.93. The van der Waals surface area contributed by atoms with Gasteiger partial charge in [-0.3, -0.25) is 4.79 Å². The van der Waals surface area contributed by atoms with E-state index in [4.69, 9.17) is 5.73 Å². The molecular weight excluding hydrogens is 164 g/mol. The van der Waals surface area contributed by atoms with E-state index in [9.17, 15) is 4.79 Å². The lowest BCUT2D eigenvalue weighted by molar-refractivity contribution is -0.131. The van der Waals surface area contributed by atoms with Crippen LogP contribution in [0.3, 0.4) is 0 Å². The normalized spacial score (nSPS) is 18.4.